The van der Waals surface area contributed by atoms with Crippen molar-refractivity contribution >= 4 is 0 Å². The van der Waals surface area contributed by atoms with Crippen LogP contribution in [0.1, 0.15) is 75.2 Å². The number of ether oxygens (including phenoxy) is 4. The van der Waals surface area contributed by atoms with Crippen LogP contribution in [-0.4, -0.2) is 25.7 Å². The third-order valence-electron chi connectivity index (χ3n) is 8.08. The fourth-order valence-electron chi connectivity index (χ4n) is 5.89. The number of hydrogen-bond donors (Lipinski definition) is 0. The van der Waals surface area contributed by atoms with Gasteiger partial charge in [0, 0.05) is 12.0 Å². The summed E-state index contributed by atoms with van der Waals surface area (Å²) < 4.78 is 88.4. The molecule has 5 rings (SSSR count). The van der Waals surface area contributed by atoms with Crippen LogP contribution in [0.4, 0.5) is 22.0 Å². The number of hydrogen-bond acceptors (Lipinski definition) is 4. The summed E-state index contributed by atoms with van der Waals surface area (Å²) in [6.07, 6.45) is 1.10. The van der Waals surface area contributed by atoms with Gasteiger partial charge in [-0.2, -0.15) is 0 Å². The fourth-order valence-corrected chi connectivity index (χ4v) is 5.89. The van der Waals surface area contributed by atoms with Crippen LogP contribution >= 0.6 is 0 Å². The zero-order chi connectivity index (χ0) is 29.7. The molecule has 1 aliphatic carbocycles. The molecule has 0 spiro atoms. The van der Waals surface area contributed by atoms with Crippen molar-refractivity contribution in [2.45, 2.75) is 76.5 Å². The summed E-state index contributed by atoms with van der Waals surface area (Å²) in [6, 6.07) is 15.6. The van der Waals surface area contributed by atoms with E-state index in [1.54, 1.807) is 24.3 Å². The quantitative estimate of drug-likeness (QED) is 0.233. The van der Waals surface area contributed by atoms with Crippen molar-refractivity contribution in [3.8, 4) is 22.6 Å². The van der Waals surface area contributed by atoms with Crippen molar-refractivity contribution in [3.63, 3.8) is 0 Å². The van der Waals surface area contributed by atoms with Gasteiger partial charge in [0.1, 0.15) is 12.4 Å². The molecule has 3 aromatic rings. The van der Waals surface area contributed by atoms with Crippen molar-refractivity contribution in [1.82, 2.24) is 0 Å². The molecule has 0 bridgehead atoms. The summed E-state index contributed by atoms with van der Waals surface area (Å²) in [7, 11) is 0. The summed E-state index contributed by atoms with van der Waals surface area (Å²) in [5.74, 6) is -1.19. The maximum atomic E-state index is 14.9. The molecule has 1 aliphatic heterocycles. The lowest BCUT2D eigenvalue weighted by molar-refractivity contribution is -0.274. The van der Waals surface area contributed by atoms with Gasteiger partial charge in [-0.15, -0.1) is 13.2 Å². The van der Waals surface area contributed by atoms with Gasteiger partial charge < -0.3 is 18.9 Å². The third kappa shape index (κ3) is 7.81. The summed E-state index contributed by atoms with van der Waals surface area (Å²) >= 11 is 0. The molecule has 226 valence electrons. The highest BCUT2D eigenvalue weighted by Gasteiger charge is 2.31. The van der Waals surface area contributed by atoms with Crippen LogP contribution in [0.3, 0.4) is 0 Å². The van der Waals surface area contributed by atoms with Crippen LogP contribution in [0.15, 0.2) is 60.7 Å². The fraction of sp³-hybridized carbons (Fsp3) is 0.455. The smallest absolute Gasteiger partial charge is 0.485 e. The Morgan fingerprint density at radius 3 is 2.02 bits per heavy atom. The molecular formula is C33H35F5O4. The second-order valence-electron chi connectivity index (χ2n) is 11.1. The lowest BCUT2D eigenvalue weighted by Crippen LogP contribution is -2.31. The molecule has 0 radical (unpaired) electrons. The highest BCUT2D eigenvalue weighted by molar-refractivity contribution is 5.64. The predicted octanol–water partition coefficient (Wildman–Crippen LogP) is 9.49. The Hall–Kier alpha value is -3.17. The summed E-state index contributed by atoms with van der Waals surface area (Å²) in [6.45, 7) is 2.54. The van der Waals surface area contributed by atoms with E-state index in [0.717, 1.165) is 36.8 Å². The first-order valence-corrected chi connectivity index (χ1v) is 14.5. The number of halogens is 5. The SMILES string of the molecule is CCCC1CCC(c2cc(F)c(OCC3CCOC(c4ccc(-c5ccc(OC(F)(F)F)cc5)cc4)O3)c(F)c2)CC1. The number of benzene rings is 3. The van der Waals surface area contributed by atoms with Crippen molar-refractivity contribution in [2.24, 2.45) is 5.92 Å². The average molecular weight is 591 g/mol. The van der Waals surface area contributed by atoms with Gasteiger partial charge in [-0.1, -0.05) is 56.2 Å². The molecule has 2 fully saturated rings. The van der Waals surface area contributed by atoms with Crippen LogP contribution in [0.25, 0.3) is 11.1 Å². The number of rotatable bonds is 9. The highest BCUT2D eigenvalue weighted by Crippen LogP contribution is 2.39. The molecule has 9 heteroatoms. The minimum atomic E-state index is -4.74. The third-order valence-corrected chi connectivity index (χ3v) is 8.08. The molecule has 3 aromatic carbocycles. The van der Waals surface area contributed by atoms with Crippen molar-refractivity contribution in [3.05, 3.63) is 83.4 Å². The minimum absolute atomic E-state index is 0.0282. The van der Waals surface area contributed by atoms with Gasteiger partial charge in [-0.05, 0) is 78.5 Å². The molecule has 2 aliphatic rings. The van der Waals surface area contributed by atoms with Gasteiger partial charge >= 0.3 is 6.36 Å². The van der Waals surface area contributed by atoms with E-state index in [9.17, 15) is 22.0 Å². The van der Waals surface area contributed by atoms with E-state index < -0.39 is 30.4 Å². The largest absolute Gasteiger partial charge is 0.573 e. The first-order valence-electron chi connectivity index (χ1n) is 14.5. The van der Waals surface area contributed by atoms with E-state index in [1.165, 1.54) is 37.1 Å². The Kier molecular flexibility index (Phi) is 9.68. The van der Waals surface area contributed by atoms with Gasteiger partial charge in [0.05, 0.1) is 12.7 Å². The van der Waals surface area contributed by atoms with Crippen LogP contribution in [0.5, 0.6) is 11.5 Å². The second kappa shape index (κ2) is 13.4. The predicted molar refractivity (Wildman–Crippen MR) is 148 cm³/mol. The first-order chi connectivity index (χ1) is 20.2. The molecule has 0 amide bonds. The standard InChI is InChI=1S/C33H35F5O4/c1-2-3-21-4-6-24(7-5-21)26-18-29(34)31(30(35)19-26)40-20-28-16-17-39-32(41-28)25-10-8-22(9-11-25)23-12-14-27(15-13-23)42-33(36,37)38/h8-15,18-19,21,24,28,32H,2-7,16-17,20H2,1H3. The minimum Gasteiger partial charge on any atom is -0.485 e. The first kappa shape index (κ1) is 30.3. The number of alkyl halides is 3. The molecule has 1 saturated carbocycles. The van der Waals surface area contributed by atoms with Gasteiger partial charge in [0.2, 0.25) is 0 Å². The van der Waals surface area contributed by atoms with Crippen LogP contribution in [-0.2, 0) is 9.47 Å². The van der Waals surface area contributed by atoms with E-state index in [2.05, 4.69) is 11.7 Å². The lowest BCUT2D eigenvalue weighted by Gasteiger charge is -2.31. The average Bonchev–Trinajstić information content (AvgIpc) is 2.97. The topological polar surface area (TPSA) is 36.9 Å². The van der Waals surface area contributed by atoms with Crippen molar-refractivity contribution < 1.29 is 40.9 Å². The zero-order valence-corrected chi connectivity index (χ0v) is 23.5. The Morgan fingerprint density at radius 2 is 1.43 bits per heavy atom. The van der Waals surface area contributed by atoms with E-state index in [4.69, 9.17) is 14.2 Å². The van der Waals surface area contributed by atoms with Crippen LogP contribution in [0, 0.1) is 17.6 Å². The second-order valence-corrected chi connectivity index (χ2v) is 11.1. The molecule has 2 unspecified atom stereocenters. The molecule has 2 atom stereocenters. The Morgan fingerprint density at radius 1 is 0.810 bits per heavy atom. The molecule has 0 N–H and O–H groups in total. The summed E-state index contributed by atoms with van der Waals surface area (Å²) in [5, 5.41) is 0. The zero-order valence-electron chi connectivity index (χ0n) is 23.5. The van der Waals surface area contributed by atoms with Gasteiger partial charge in [0.15, 0.2) is 23.7 Å². The maximum Gasteiger partial charge on any atom is 0.573 e. The van der Waals surface area contributed by atoms with Crippen LogP contribution in [0.2, 0.25) is 0 Å². The lowest BCUT2D eigenvalue weighted by atomic mass is 9.77. The van der Waals surface area contributed by atoms with E-state index >= 15 is 0 Å². The summed E-state index contributed by atoms with van der Waals surface area (Å²) in [5.41, 5.74) is 2.93. The molecular weight excluding hydrogens is 555 g/mol. The molecule has 4 nitrogen and oxygen atoms in total. The van der Waals surface area contributed by atoms with Gasteiger partial charge in [-0.25, -0.2) is 8.78 Å². The molecule has 0 aromatic heterocycles. The summed E-state index contributed by atoms with van der Waals surface area (Å²) in [4.78, 5) is 0. The van der Waals surface area contributed by atoms with Crippen LogP contribution < -0.4 is 9.47 Å². The highest BCUT2D eigenvalue weighted by atomic mass is 19.4. The van der Waals surface area contributed by atoms with Crippen molar-refractivity contribution in [1.29, 1.82) is 0 Å². The molecule has 1 heterocycles. The molecule has 1 saturated heterocycles. The normalized spacial score (nSPS) is 23.0. The van der Waals surface area contributed by atoms with Crippen molar-refractivity contribution in [2.75, 3.05) is 13.2 Å². The Balaban J connectivity index is 1.15. The van der Waals surface area contributed by atoms with Gasteiger partial charge in [-0.3, -0.25) is 0 Å². The van der Waals surface area contributed by atoms with E-state index in [1.807, 2.05) is 12.1 Å². The van der Waals surface area contributed by atoms with E-state index in [-0.39, 0.29) is 24.0 Å². The van der Waals surface area contributed by atoms with Gasteiger partial charge in [0.25, 0.3) is 0 Å². The Bertz CT molecular complexity index is 1280. The van der Waals surface area contributed by atoms with E-state index in [0.29, 0.717) is 30.1 Å². The Labute approximate surface area is 242 Å². The maximum absolute atomic E-state index is 14.9. The monoisotopic (exact) mass is 590 g/mol. The molecule has 42 heavy (non-hydrogen) atoms.